The second-order valence-corrected chi connectivity index (χ2v) is 5.69. The Balaban J connectivity index is 0. The van der Waals surface area contributed by atoms with Crippen LogP contribution in [0.4, 0.5) is 0 Å². The standard InChI is InChI=1S/C18H36N.K/c1-2-3-4-5-6-7-8-9-10-11-12-13-14-15-16-17-18-19;/h9-10,19H,2-8,11-18H2,1H3;/q-1;+1/b10-9-;. The van der Waals surface area contributed by atoms with Crippen LogP contribution < -0.4 is 51.4 Å². The third-order valence-electron chi connectivity index (χ3n) is 3.69. The first-order valence-corrected chi connectivity index (χ1v) is 8.71. The molecule has 0 aliphatic heterocycles. The van der Waals surface area contributed by atoms with Crippen molar-refractivity contribution in [2.75, 3.05) is 6.54 Å². The summed E-state index contributed by atoms with van der Waals surface area (Å²) in [6, 6.07) is 0. The van der Waals surface area contributed by atoms with E-state index in [-0.39, 0.29) is 51.4 Å². The van der Waals surface area contributed by atoms with Crippen molar-refractivity contribution >= 4 is 0 Å². The number of nitrogens with one attached hydrogen (secondary N) is 1. The van der Waals surface area contributed by atoms with Crippen molar-refractivity contribution in [3.05, 3.63) is 17.9 Å². The Labute approximate surface area is 171 Å². The van der Waals surface area contributed by atoms with Crippen LogP contribution in [0, 0.1) is 0 Å². The van der Waals surface area contributed by atoms with Crippen LogP contribution in [0.5, 0.6) is 0 Å². The SMILES string of the molecule is CCCCCCCC/C=C\CCCCCCCC[NH-].[K+]. The average molecular weight is 306 g/mol. The average Bonchev–Trinajstić information content (AvgIpc) is 2.43. The maximum Gasteiger partial charge on any atom is 1.00 e. The molecule has 0 amide bonds. The van der Waals surface area contributed by atoms with Crippen LogP contribution in [-0.4, -0.2) is 6.54 Å². The molecule has 0 rings (SSSR count). The van der Waals surface area contributed by atoms with Crippen molar-refractivity contribution in [3.63, 3.8) is 0 Å². The van der Waals surface area contributed by atoms with E-state index >= 15 is 0 Å². The van der Waals surface area contributed by atoms with E-state index in [2.05, 4.69) is 19.1 Å². The van der Waals surface area contributed by atoms with Gasteiger partial charge in [-0.2, -0.15) is 6.54 Å². The Kier molecular flexibility index (Phi) is 26.7. The van der Waals surface area contributed by atoms with Crippen molar-refractivity contribution in [3.8, 4) is 0 Å². The quantitative estimate of drug-likeness (QED) is 0.247. The minimum atomic E-state index is 0. The molecule has 0 aliphatic carbocycles. The normalized spacial score (nSPS) is 10.9. The van der Waals surface area contributed by atoms with Gasteiger partial charge in [0.2, 0.25) is 0 Å². The third-order valence-corrected chi connectivity index (χ3v) is 3.69. The fourth-order valence-corrected chi connectivity index (χ4v) is 2.37. The van der Waals surface area contributed by atoms with Crippen LogP contribution in [0.3, 0.4) is 0 Å². The molecule has 0 spiro atoms. The number of unbranched alkanes of at least 4 members (excludes halogenated alkanes) is 12. The van der Waals surface area contributed by atoms with Gasteiger partial charge in [0.25, 0.3) is 0 Å². The van der Waals surface area contributed by atoms with E-state index in [1.165, 1.54) is 83.5 Å². The van der Waals surface area contributed by atoms with Crippen molar-refractivity contribution in [1.29, 1.82) is 0 Å². The molecule has 0 heterocycles. The Morgan fingerprint density at radius 2 is 1.00 bits per heavy atom. The molecule has 20 heavy (non-hydrogen) atoms. The number of rotatable bonds is 15. The number of allylic oxidation sites excluding steroid dienone is 2. The predicted molar refractivity (Wildman–Crippen MR) is 88.6 cm³/mol. The van der Waals surface area contributed by atoms with E-state index in [1.54, 1.807) is 0 Å². The van der Waals surface area contributed by atoms with Gasteiger partial charge in [0, 0.05) is 0 Å². The largest absolute Gasteiger partial charge is 1.00 e. The minimum Gasteiger partial charge on any atom is -0.677 e. The van der Waals surface area contributed by atoms with Gasteiger partial charge in [-0.1, -0.05) is 83.3 Å². The predicted octanol–water partition coefficient (Wildman–Crippen LogP) is 4.08. The van der Waals surface area contributed by atoms with E-state index < -0.39 is 0 Å². The van der Waals surface area contributed by atoms with Gasteiger partial charge >= 0.3 is 51.4 Å². The zero-order valence-electron chi connectivity index (χ0n) is 14.3. The first-order chi connectivity index (χ1) is 9.41. The van der Waals surface area contributed by atoms with Crippen LogP contribution in [-0.2, 0) is 0 Å². The summed E-state index contributed by atoms with van der Waals surface area (Å²) in [6.07, 6.45) is 23.5. The molecule has 0 fully saturated rings. The Hall–Kier alpha value is 1.34. The molecule has 0 bridgehead atoms. The molecular formula is C18H36KN. The Morgan fingerprint density at radius 3 is 1.45 bits per heavy atom. The van der Waals surface area contributed by atoms with Crippen molar-refractivity contribution in [2.24, 2.45) is 0 Å². The van der Waals surface area contributed by atoms with E-state index in [4.69, 9.17) is 5.73 Å². The molecule has 2 heteroatoms. The fourth-order valence-electron chi connectivity index (χ4n) is 2.37. The summed E-state index contributed by atoms with van der Waals surface area (Å²) < 4.78 is 0. The molecule has 1 N–H and O–H groups in total. The van der Waals surface area contributed by atoms with Gasteiger partial charge in [-0.3, -0.25) is 0 Å². The topological polar surface area (TPSA) is 23.8 Å². The third kappa shape index (κ3) is 21.6. The van der Waals surface area contributed by atoms with Gasteiger partial charge in [-0.05, 0) is 25.7 Å². The molecule has 114 valence electrons. The Bertz CT molecular complexity index is 180. The van der Waals surface area contributed by atoms with Crippen LogP contribution in [0.2, 0.25) is 0 Å². The second kappa shape index (κ2) is 22.6. The zero-order valence-corrected chi connectivity index (χ0v) is 17.4. The van der Waals surface area contributed by atoms with Gasteiger partial charge < -0.3 is 5.73 Å². The van der Waals surface area contributed by atoms with E-state index in [0.29, 0.717) is 6.54 Å². The molecule has 0 atom stereocenters. The van der Waals surface area contributed by atoms with E-state index in [1.807, 2.05) is 0 Å². The van der Waals surface area contributed by atoms with Gasteiger partial charge in [0.15, 0.2) is 0 Å². The molecule has 0 unspecified atom stereocenters. The number of hydrogen-bond acceptors (Lipinski definition) is 0. The summed E-state index contributed by atoms with van der Waals surface area (Å²) in [5.74, 6) is 0. The van der Waals surface area contributed by atoms with Crippen molar-refractivity contribution in [2.45, 2.75) is 96.8 Å². The van der Waals surface area contributed by atoms with E-state index in [0.717, 1.165) is 6.42 Å². The first-order valence-electron chi connectivity index (χ1n) is 8.71. The molecule has 0 radical (unpaired) electrons. The summed E-state index contributed by atoms with van der Waals surface area (Å²) in [7, 11) is 0. The van der Waals surface area contributed by atoms with Crippen LogP contribution >= 0.6 is 0 Å². The summed E-state index contributed by atoms with van der Waals surface area (Å²) in [6.45, 7) is 2.89. The smallest absolute Gasteiger partial charge is 0.677 e. The Morgan fingerprint density at radius 1 is 0.600 bits per heavy atom. The summed E-state index contributed by atoms with van der Waals surface area (Å²) in [5, 5.41) is 0. The molecule has 0 saturated carbocycles. The summed E-state index contributed by atoms with van der Waals surface area (Å²) in [5.41, 5.74) is 7.07. The molecule has 1 nitrogen and oxygen atoms in total. The van der Waals surface area contributed by atoms with Gasteiger partial charge in [-0.25, -0.2) is 0 Å². The first kappa shape index (κ1) is 23.6. The van der Waals surface area contributed by atoms with Crippen LogP contribution in [0.1, 0.15) is 96.8 Å². The van der Waals surface area contributed by atoms with Gasteiger partial charge in [-0.15, -0.1) is 0 Å². The molecule has 0 saturated heterocycles. The van der Waals surface area contributed by atoms with E-state index in [9.17, 15) is 0 Å². The second-order valence-electron chi connectivity index (χ2n) is 5.69. The molecule has 0 aromatic carbocycles. The van der Waals surface area contributed by atoms with Crippen molar-refractivity contribution < 1.29 is 51.4 Å². The van der Waals surface area contributed by atoms with Gasteiger partial charge in [0.1, 0.15) is 0 Å². The summed E-state index contributed by atoms with van der Waals surface area (Å²) >= 11 is 0. The van der Waals surface area contributed by atoms with Gasteiger partial charge in [0.05, 0.1) is 0 Å². The minimum absolute atomic E-state index is 0. The van der Waals surface area contributed by atoms with Crippen LogP contribution in [0.25, 0.3) is 5.73 Å². The molecule has 0 aromatic rings. The molecular weight excluding hydrogens is 269 g/mol. The maximum atomic E-state index is 7.07. The molecule has 0 aliphatic rings. The summed E-state index contributed by atoms with van der Waals surface area (Å²) in [4.78, 5) is 0. The number of hydrogen-bond donors (Lipinski definition) is 0. The maximum absolute atomic E-state index is 7.07. The monoisotopic (exact) mass is 305 g/mol. The zero-order chi connectivity index (χ0) is 14.0. The van der Waals surface area contributed by atoms with Crippen molar-refractivity contribution in [1.82, 2.24) is 0 Å². The molecule has 0 aromatic heterocycles. The van der Waals surface area contributed by atoms with Crippen LogP contribution in [0.15, 0.2) is 12.2 Å². The fraction of sp³-hybridized carbons (Fsp3) is 0.889.